The maximum atomic E-state index is 11.9. The highest BCUT2D eigenvalue weighted by Crippen LogP contribution is 2.47. The number of rotatable bonds is 10. The SMILES string of the molecule is CCC1(C)CC(OCc2ccccc2)C1.CCOC(=O)C1(CC)CC(OCc2ccccc2)C1.O=C=O.O=C=O. The highest BCUT2D eigenvalue weighted by Gasteiger charge is 2.50. The van der Waals surface area contributed by atoms with E-state index in [1.807, 2.05) is 38.1 Å². The lowest BCUT2D eigenvalue weighted by Crippen LogP contribution is -2.48. The lowest BCUT2D eigenvalue weighted by Gasteiger charge is -2.44. The van der Waals surface area contributed by atoms with Gasteiger partial charge in [0.25, 0.3) is 0 Å². The van der Waals surface area contributed by atoms with Gasteiger partial charge in [0, 0.05) is 0 Å². The molecule has 0 unspecified atom stereocenters. The van der Waals surface area contributed by atoms with E-state index in [0.717, 1.165) is 25.9 Å². The van der Waals surface area contributed by atoms with Gasteiger partial charge < -0.3 is 14.2 Å². The molecule has 0 radical (unpaired) electrons. The van der Waals surface area contributed by atoms with Gasteiger partial charge in [-0.25, -0.2) is 0 Å². The molecule has 40 heavy (non-hydrogen) atoms. The zero-order valence-corrected chi connectivity index (χ0v) is 24.1. The minimum absolute atomic E-state index is 0.0583. The van der Waals surface area contributed by atoms with Gasteiger partial charge in [-0.3, -0.25) is 4.79 Å². The van der Waals surface area contributed by atoms with E-state index in [-0.39, 0.29) is 29.8 Å². The molecule has 2 fully saturated rings. The van der Waals surface area contributed by atoms with Gasteiger partial charge in [0.2, 0.25) is 0 Å². The van der Waals surface area contributed by atoms with Gasteiger partial charge in [-0.1, -0.05) is 87.9 Å². The van der Waals surface area contributed by atoms with Crippen LogP contribution in [0.25, 0.3) is 0 Å². The number of esters is 1. The number of hydrogen-bond donors (Lipinski definition) is 0. The number of carbonyl (C=O) groups excluding carboxylic acids is 5. The topological polar surface area (TPSA) is 113 Å². The molecule has 0 aliphatic heterocycles. The Kier molecular flexibility index (Phi) is 16.3. The van der Waals surface area contributed by atoms with Crippen LogP contribution in [0.1, 0.15) is 77.3 Å². The van der Waals surface area contributed by atoms with Crippen molar-refractivity contribution in [1.29, 1.82) is 0 Å². The third-order valence-corrected chi connectivity index (χ3v) is 7.57. The van der Waals surface area contributed by atoms with Crippen molar-refractivity contribution in [2.24, 2.45) is 10.8 Å². The van der Waals surface area contributed by atoms with Crippen LogP contribution in [-0.2, 0) is 51.4 Å². The average molecular weight is 555 g/mol. The molecule has 0 N–H and O–H groups in total. The third kappa shape index (κ3) is 11.8. The number of carbonyl (C=O) groups is 1. The van der Waals surface area contributed by atoms with Crippen LogP contribution < -0.4 is 0 Å². The molecule has 0 bridgehead atoms. The fourth-order valence-electron chi connectivity index (χ4n) is 4.84. The summed E-state index contributed by atoms with van der Waals surface area (Å²) in [6.45, 7) is 10.4. The van der Waals surface area contributed by atoms with Crippen LogP contribution in [0.4, 0.5) is 0 Å². The Labute approximate surface area is 237 Å². The molecule has 2 saturated carbocycles. The molecule has 2 aromatic carbocycles. The molecule has 0 atom stereocenters. The maximum Gasteiger partial charge on any atom is 0.373 e. The lowest BCUT2D eigenvalue weighted by molar-refractivity contribution is -0.193. The van der Waals surface area contributed by atoms with Gasteiger partial charge in [0.1, 0.15) is 0 Å². The van der Waals surface area contributed by atoms with E-state index in [2.05, 4.69) is 50.2 Å². The minimum atomic E-state index is -0.294. The van der Waals surface area contributed by atoms with Crippen molar-refractivity contribution >= 4 is 18.3 Å². The van der Waals surface area contributed by atoms with Gasteiger partial charge in [-0.15, -0.1) is 0 Å². The minimum Gasteiger partial charge on any atom is -0.466 e. The van der Waals surface area contributed by atoms with E-state index < -0.39 is 0 Å². The summed E-state index contributed by atoms with van der Waals surface area (Å²) in [5.74, 6) is -0.0583. The summed E-state index contributed by atoms with van der Waals surface area (Å²) < 4.78 is 16.9. The van der Waals surface area contributed by atoms with Crippen LogP contribution >= 0.6 is 0 Å². The summed E-state index contributed by atoms with van der Waals surface area (Å²) in [5.41, 5.74) is 2.72. The molecule has 0 saturated heterocycles. The molecule has 8 nitrogen and oxygen atoms in total. The van der Waals surface area contributed by atoms with Crippen LogP contribution in [0, 0.1) is 10.8 Å². The summed E-state index contributed by atoms with van der Waals surface area (Å²) in [5, 5.41) is 0. The largest absolute Gasteiger partial charge is 0.466 e. The first-order valence-corrected chi connectivity index (χ1v) is 13.7. The standard InChI is InChI=1S/C16H22O3.C14H20O.2CO2/c1-3-16(15(17)18-4-2)10-14(11-16)19-12-13-8-6-5-7-9-13;1-3-14(2)9-13(10-14)15-11-12-7-5-4-6-8-12;2*2-1-3/h5-9,14H,3-4,10-12H2,1-2H3;4-8,13H,3,9-11H2,1-2H3;;. The van der Waals surface area contributed by atoms with Crippen molar-refractivity contribution in [2.45, 2.75) is 91.6 Å². The molecule has 0 spiro atoms. The zero-order chi connectivity index (χ0) is 29.9. The molecule has 0 aromatic heterocycles. The highest BCUT2D eigenvalue weighted by molar-refractivity contribution is 5.78. The van der Waals surface area contributed by atoms with E-state index in [1.165, 1.54) is 30.4 Å². The number of hydrogen-bond acceptors (Lipinski definition) is 8. The molecule has 8 heteroatoms. The van der Waals surface area contributed by atoms with Crippen molar-refractivity contribution in [3.63, 3.8) is 0 Å². The van der Waals surface area contributed by atoms with E-state index in [1.54, 1.807) is 0 Å². The van der Waals surface area contributed by atoms with Gasteiger partial charge in [0.15, 0.2) is 0 Å². The molecule has 2 aromatic rings. The second-order valence-electron chi connectivity index (χ2n) is 10.3. The van der Waals surface area contributed by atoms with Crippen LogP contribution in [0.5, 0.6) is 0 Å². The Balaban J connectivity index is 0.000000340. The third-order valence-electron chi connectivity index (χ3n) is 7.57. The second kappa shape index (κ2) is 18.8. The number of ether oxygens (including phenoxy) is 3. The van der Waals surface area contributed by atoms with Crippen LogP contribution in [0.3, 0.4) is 0 Å². The molecule has 4 rings (SSSR count). The average Bonchev–Trinajstić information content (AvgIpc) is 2.92. The summed E-state index contributed by atoms with van der Waals surface area (Å²) in [6, 6.07) is 20.5. The van der Waals surface area contributed by atoms with E-state index in [4.69, 9.17) is 33.4 Å². The molecular weight excluding hydrogens is 512 g/mol. The fraction of sp³-hybridized carbons (Fsp3) is 0.531. The Bertz CT molecular complexity index is 1020. The number of benzene rings is 2. The Morgan fingerprint density at radius 1 is 0.725 bits per heavy atom. The van der Waals surface area contributed by atoms with Crippen molar-refractivity contribution in [3.05, 3.63) is 71.8 Å². The van der Waals surface area contributed by atoms with E-state index in [9.17, 15) is 4.79 Å². The first-order valence-electron chi connectivity index (χ1n) is 13.7. The fourth-order valence-corrected chi connectivity index (χ4v) is 4.84. The lowest BCUT2D eigenvalue weighted by atomic mass is 9.65. The van der Waals surface area contributed by atoms with Crippen LogP contribution in [0.15, 0.2) is 60.7 Å². The highest BCUT2D eigenvalue weighted by atomic mass is 16.5. The van der Waals surface area contributed by atoms with Crippen LogP contribution in [0.2, 0.25) is 0 Å². The monoisotopic (exact) mass is 554 g/mol. The molecule has 0 amide bonds. The van der Waals surface area contributed by atoms with Gasteiger partial charge in [-0.2, -0.15) is 19.2 Å². The molecule has 0 heterocycles. The summed E-state index contributed by atoms with van der Waals surface area (Å²) in [7, 11) is 0. The first kappa shape index (κ1) is 34.6. The zero-order valence-electron chi connectivity index (χ0n) is 24.1. The van der Waals surface area contributed by atoms with Gasteiger partial charge in [0.05, 0.1) is 37.4 Å². The molecule has 218 valence electrons. The van der Waals surface area contributed by atoms with Crippen LogP contribution in [-0.4, -0.2) is 37.1 Å². The predicted molar refractivity (Wildman–Crippen MR) is 146 cm³/mol. The Morgan fingerprint density at radius 3 is 1.48 bits per heavy atom. The molecule has 2 aliphatic carbocycles. The van der Waals surface area contributed by atoms with Gasteiger partial charge >= 0.3 is 18.3 Å². The second-order valence-corrected chi connectivity index (χ2v) is 10.3. The molecular formula is C32H42O8. The van der Waals surface area contributed by atoms with Gasteiger partial charge in [-0.05, 0) is 55.6 Å². The Morgan fingerprint density at radius 2 is 1.12 bits per heavy atom. The summed E-state index contributed by atoms with van der Waals surface area (Å²) in [6.07, 6.45) is 7.33. The van der Waals surface area contributed by atoms with Crippen molar-refractivity contribution < 1.29 is 38.2 Å². The maximum absolute atomic E-state index is 11.9. The smallest absolute Gasteiger partial charge is 0.373 e. The van der Waals surface area contributed by atoms with E-state index in [0.29, 0.717) is 24.7 Å². The first-order chi connectivity index (χ1) is 19.2. The Hall–Kier alpha value is -3.41. The van der Waals surface area contributed by atoms with Crippen molar-refractivity contribution in [2.75, 3.05) is 6.61 Å². The van der Waals surface area contributed by atoms with E-state index >= 15 is 0 Å². The van der Waals surface area contributed by atoms with Crippen molar-refractivity contribution in [1.82, 2.24) is 0 Å². The normalized spacial score (nSPS) is 23.8. The molecule has 2 aliphatic rings. The predicted octanol–water partition coefficient (Wildman–Crippen LogP) is 5.94. The van der Waals surface area contributed by atoms with Crippen molar-refractivity contribution in [3.8, 4) is 0 Å². The summed E-state index contributed by atoms with van der Waals surface area (Å²) >= 11 is 0. The summed E-state index contributed by atoms with van der Waals surface area (Å²) in [4.78, 5) is 44.4. The quantitative estimate of drug-likeness (QED) is 0.332.